The first kappa shape index (κ1) is 22.0. The fourth-order valence-corrected chi connectivity index (χ4v) is 9.44. The van der Waals surface area contributed by atoms with Crippen LogP contribution in [-0.2, 0) is 23.2 Å². The highest BCUT2D eigenvalue weighted by molar-refractivity contribution is 5.63. The van der Waals surface area contributed by atoms with Crippen LogP contribution >= 0.6 is 0 Å². The number of nitrogens with zero attached hydrogens (tertiary/aromatic N) is 1. The largest absolute Gasteiger partial charge is 0.493 e. The molecule has 190 valence electrons. The summed E-state index contributed by atoms with van der Waals surface area (Å²) in [5.74, 6) is 2.71. The lowest BCUT2D eigenvalue weighted by Gasteiger charge is -2.73. The summed E-state index contributed by atoms with van der Waals surface area (Å²) < 4.78 is 19.0. The van der Waals surface area contributed by atoms with Crippen LogP contribution in [0.3, 0.4) is 0 Å². The molecule has 9 rings (SSSR count). The second-order valence-corrected chi connectivity index (χ2v) is 12.6. The standard InChI is InChI=1S/C31H37NO4/c1-34-24-10-9-22-15-25-29-11-12-31(33,23(16-29)19-35-18-21-5-3-2-4-6-21)28-30(29,26(22)27(24)36-28)13-14-32(25)17-20-7-8-20/h2-6,9-10,20,23,25,28,33H,7-8,11-19H2,1H3/t23-,25-,28-,29-,30+,31-/m1/s1. The minimum Gasteiger partial charge on any atom is -0.493 e. The Labute approximate surface area is 213 Å². The third kappa shape index (κ3) is 2.67. The van der Waals surface area contributed by atoms with E-state index in [1.807, 2.05) is 6.07 Å². The van der Waals surface area contributed by atoms with Gasteiger partial charge >= 0.3 is 0 Å². The molecule has 2 aromatic carbocycles. The number of hydrogen-bond donors (Lipinski definition) is 1. The first-order valence-electron chi connectivity index (χ1n) is 14.0. The van der Waals surface area contributed by atoms with Crippen molar-refractivity contribution >= 4 is 0 Å². The van der Waals surface area contributed by atoms with Gasteiger partial charge in [0.25, 0.3) is 0 Å². The number of ether oxygens (including phenoxy) is 3. The van der Waals surface area contributed by atoms with Crippen LogP contribution < -0.4 is 9.47 Å². The van der Waals surface area contributed by atoms with Crippen molar-refractivity contribution in [3.05, 3.63) is 59.2 Å². The van der Waals surface area contributed by atoms with Crippen molar-refractivity contribution < 1.29 is 19.3 Å². The Hall–Kier alpha value is -2.08. The van der Waals surface area contributed by atoms with Gasteiger partial charge in [0.05, 0.1) is 20.3 Å². The Bertz CT molecular complexity index is 1200. The summed E-state index contributed by atoms with van der Waals surface area (Å²) in [4.78, 5) is 2.85. The van der Waals surface area contributed by atoms with Gasteiger partial charge in [-0.1, -0.05) is 36.4 Å². The molecule has 2 aromatic rings. The molecular weight excluding hydrogens is 450 g/mol. The smallest absolute Gasteiger partial charge is 0.165 e. The van der Waals surface area contributed by atoms with Crippen LogP contribution in [0.2, 0.25) is 0 Å². The van der Waals surface area contributed by atoms with E-state index in [1.54, 1.807) is 7.11 Å². The van der Waals surface area contributed by atoms with Crippen molar-refractivity contribution in [2.75, 3.05) is 26.8 Å². The second-order valence-electron chi connectivity index (χ2n) is 12.6. The molecule has 5 aliphatic carbocycles. The zero-order valence-electron chi connectivity index (χ0n) is 21.2. The molecular formula is C31H37NO4. The lowest BCUT2D eigenvalue weighted by Crippen LogP contribution is -2.81. The first-order valence-corrected chi connectivity index (χ1v) is 14.0. The first-order chi connectivity index (χ1) is 17.6. The van der Waals surface area contributed by atoms with Gasteiger partial charge in [-0.15, -0.1) is 0 Å². The lowest BCUT2D eigenvalue weighted by molar-refractivity contribution is -0.275. The summed E-state index contributed by atoms with van der Waals surface area (Å²) in [7, 11) is 1.74. The van der Waals surface area contributed by atoms with Crippen LogP contribution in [0.5, 0.6) is 11.5 Å². The molecule has 36 heavy (non-hydrogen) atoms. The van der Waals surface area contributed by atoms with E-state index < -0.39 is 5.60 Å². The Balaban J connectivity index is 1.21. The van der Waals surface area contributed by atoms with Gasteiger partial charge in [0.1, 0.15) is 11.7 Å². The van der Waals surface area contributed by atoms with Crippen molar-refractivity contribution in [1.82, 2.24) is 4.90 Å². The number of rotatable bonds is 7. The monoisotopic (exact) mass is 487 g/mol. The summed E-state index contributed by atoms with van der Waals surface area (Å²) >= 11 is 0. The van der Waals surface area contributed by atoms with Crippen LogP contribution in [-0.4, -0.2) is 54.6 Å². The quantitative estimate of drug-likeness (QED) is 0.624. The average Bonchev–Trinajstić information content (AvgIpc) is 3.64. The van der Waals surface area contributed by atoms with Gasteiger partial charge in [0.2, 0.25) is 0 Å². The molecule has 1 saturated heterocycles. The van der Waals surface area contributed by atoms with E-state index in [4.69, 9.17) is 14.2 Å². The highest BCUT2D eigenvalue weighted by Gasteiger charge is 2.80. The van der Waals surface area contributed by atoms with Crippen molar-refractivity contribution in [2.24, 2.45) is 17.3 Å². The summed E-state index contributed by atoms with van der Waals surface area (Å²) in [5.41, 5.74) is 3.14. The summed E-state index contributed by atoms with van der Waals surface area (Å²) in [6, 6.07) is 15.3. The van der Waals surface area contributed by atoms with E-state index in [2.05, 4.69) is 41.3 Å². The van der Waals surface area contributed by atoms with Crippen molar-refractivity contribution in [1.29, 1.82) is 0 Å². The zero-order valence-corrected chi connectivity index (χ0v) is 21.2. The molecule has 1 N–H and O–H groups in total. The van der Waals surface area contributed by atoms with Crippen LogP contribution in [0, 0.1) is 17.3 Å². The van der Waals surface area contributed by atoms with Crippen LogP contribution in [0.1, 0.15) is 55.2 Å². The number of benzene rings is 2. The van der Waals surface area contributed by atoms with Crippen LogP contribution in [0.15, 0.2) is 42.5 Å². The molecule has 5 heteroatoms. The Morgan fingerprint density at radius 1 is 1.08 bits per heavy atom. The Morgan fingerprint density at radius 3 is 2.75 bits per heavy atom. The fraction of sp³-hybridized carbons (Fsp3) is 0.613. The van der Waals surface area contributed by atoms with E-state index in [0.717, 1.165) is 56.1 Å². The highest BCUT2D eigenvalue weighted by Crippen LogP contribution is 2.76. The van der Waals surface area contributed by atoms with Crippen LogP contribution in [0.4, 0.5) is 0 Å². The maximum Gasteiger partial charge on any atom is 0.165 e. The van der Waals surface area contributed by atoms with E-state index >= 15 is 0 Å². The summed E-state index contributed by atoms with van der Waals surface area (Å²) in [5, 5.41) is 12.5. The van der Waals surface area contributed by atoms with Crippen LogP contribution in [0.25, 0.3) is 0 Å². The predicted octanol–water partition coefficient (Wildman–Crippen LogP) is 4.48. The molecule has 0 radical (unpaired) electrons. The van der Waals surface area contributed by atoms with Crippen molar-refractivity contribution in [2.45, 2.75) is 74.7 Å². The Morgan fingerprint density at radius 2 is 1.94 bits per heavy atom. The molecule has 6 atom stereocenters. The number of hydrogen-bond acceptors (Lipinski definition) is 5. The van der Waals surface area contributed by atoms with Gasteiger partial charge in [-0.25, -0.2) is 0 Å². The van der Waals surface area contributed by atoms with Gasteiger partial charge in [-0.05, 0) is 74.6 Å². The van der Waals surface area contributed by atoms with Gasteiger partial charge < -0.3 is 19.3 Å². The molecule has 4 saturated carbocycles. The molecule has 0 unspecified atom stereocenters. The molecule has 2 heterocycles. The minimum absolute atomic E-state index is 0.0818. The fourth-order valence-electron chi connectivity index (χ4n) is 9.44. The topological polar surface area (TPSA) is 51.2 Å². The number of piperidine rings is 1. The second kappa shape index (κ2) is 7.49. The number of fused-ring (bicyclic) bond motifs is 2. The molecule has 7 aliphatic rings. The van der Waals surface area contributed by atoms with Crippen molar-refractivity contribution in [3.8, 4) is 11.5 Å². The molecule has 2 spiro atoms. The molecule has 4 bridgehead atoms. The molecule has 0 amide bonds. The van der Waals surface area contributed by atoms with E-state index in [-0.39, 0.29) is 22.9 Å². The molecule has 0 aromatic heterocycles. The maximum atomic E-state index is 12.5. The number of methoxy groups -OCH3 is 1. The normalized spacial score (nSPS) is 39.6. The van der Waals surface area contributed by atoms with E-state index in [0.29, 0.717) is 19.3 Å². The Kier molecular flexibility index (Phi) is 4.57. The van der Waals surface area contributed by atoms with Gasteiger partial charge in [0.15, 0.2) is 11.5 Å². The third-order valence-corrected chi connectivity index (χ3v) is 11.1. The summed E-state index contributed by atoms with van der Waals surface area (Å²) in [6.07, 6.45) is 7.65. The molecule has 5 fully saturated rings. The van der Waals surface area contributed by atoms with Crippen molar-refractivity contribution in [3.63, 3.8) is 0 Å². The SMILES string of the molecule is COc1ccc2c3c1O[C@H]1[C@@]4(O)CC[C@@]5(C[C@@H]4COCc4ccccc4)[C@@H](C2)N(CC2CC2)CC[C@]315. The maximum absolute atomic E-state index is 12.5. The third-order valence-electron chi connectivity index (χ3n) is 11.1. The minimum atomic E-state index is -0.875. The number of likely N-dealkylation sites (tertiary alicyclic amines) is 1. The number of aliphatic hydroxyl groups is 1. The highest BCUT2D eigenvalue weighted by atomic mass is 16.5. The zero-order chi connectivity index (χ0) is 24.1. The van der Waals surface area contributed by atoms with E-state index in [1.165, 1.54) is 36.1 Å². The summed E-state index contributed by atoms with van der Waals surface area (Å²) in [6.45, 7) is 3.53. The molecule has 5 nitrogen and oxygen atoms in total. The average molecular weight is 488 g/mol. The predicted molar refractivity (Wildman–Crippen MR) is 136 cm³/mol. The lowest BCUT2D eigenvalue weighted by atomic mass is 9.35. The van der Waals surface area contributed by atoms with E-state index in [9.17, 15) is 5.11 Å². The van der Waals surface area contributed by atoms with Gasteiger partial charge in [0, 0.05) is 34.9 Å². The van der Waals surface area contributed by atoms with Gasteiger partial charge in [-0.3, -0.25) is 4.90 Å². The molecule has 2 aliphatic heterocycles. The van der Waals surface area contributed by atoms with Gasteiger partial charge in [-0.2, -0.15) is 0 Å².